The zero-order valence-electron chi connectivity index (χ0n) is 8.83. The van der Waals surface area contributed by atoms with E-state index < -0.39 is 0 Å². The number of nitrogens with one attached hydrogen (secondary N) is 1. The number of hydrogen-bond donors (Lipinski definition) is 1. The highest BCUT2D eigenvalue weighted by molar-refractivity contribution is 14.1. The van der Waals surface area contributed by atoms with E-state index in [9.17, 15) is 4.79 Å². The molecule has 0 aliphatic carbocycles. The molecule has 0 unspecified atom stereocenters. The number of benzene rings is 1. The van der Waals surface area contributed by atoms with Crippen LogP contribution in [0.25, 0.3) is 0 Å². The molecule has 6 heteroatoms. The third-order valence-corrected chi connectivity index (χ3v) is 3.11. The number of anilines is 1. The molecule has 0 bridgehead atoms. The first-order valence-corrected chi connectivity index (χ1v) is 6.20. The van der Waals surface area contributed by atoms with Crippen LogP contribution in [-0.4, -0.2) is 10.9 Å². The molecule has 0 radical (unpaired) electrons. The molecule has 0 fully saturated rings. The van der Waals surface area contributed by atoms with Crippen LogP contribution >= 0.6 is 34.2 Å². The van der Waals surface area contributed by atoms with Crippen LogP contribution in [0.1, 0.15) is 16.2 Å². The summed E-state index contributed by atoms with van der Waals surface area (Å²) in [6.07, 6.45) is 1.24. The van der Waals surface area contributed by atoms with E-state index in [-0.39, 0.29) is 11.7 Å². The van der Waals surface area contributed by atoms with E-state index in [1.54, 1.807) is 19.1 Å². The summed E-state index contributed by atoms with van der Waals surface area (Å²) in [4.78, 5) is 15.7. The van der Waals surface area contributed by atoms with E-state index >= 15 is 0 Å². The lowest BCUT2D eigenvalue weighted by Gasteiger charge is -2.05. The maximum atomic E-state index is 11.8. The lowest BCUT2D eigenvalue weighted by Crippen LogP contribution is -2.12. The average molecular weight is 363 g/mol. The van der Waals surface area contributed by atoms with Gasteiger partial charge in [-0.3, -0.25) is 4.79 Å². The molecule has 0 atom stereocenters. The van der Waals surface area contributed by atoms with Gasteiger partial charge in [-0.25, -0.2) is 4.98 Å². The van der Waals surface area contributed by atoms with Crippen LogP contribution in [0.5, 0.6) is 0 Å². The third kappa shape index (κ3) is 2.78. The Balaban J connectivity index is 2.22. The Morgan fingerprint density at radius 1 is 1.53 bits per heavy atom. The summed E-state index contributed by atoms with van der Waals surface area (Å²) in [6, 6.07) is 5.37. The largest absolute Gasteiger partial charge is 0.438 e. The first-order valence-electron chi connectivity index (χ1n) is 4.74. The minimum atomic E-state index is -0.358. The van der Waals surface area contributed by atoms with Crippen molar-refractivity contribution in [2.75, 3.05) is 5.32 Å². The molecule has 4 nitrogen and oxygen atoms in total. The van der Waals surface area contributed by atoms with E-state index in [4.69, 9.17) is 16.0 Å². The summed E-state index contributed by atoms with van der Waals surface area (Å²) in [7, 11) is 0. The number of amides is 1. The predicted octanol–water partition coefficient (Wildman–Crippen LogP) is 3.49. The monoisotopic (exact) mass is 362 g/mol. The van der Waals surface area contributed by atoms with Crippen molar-refractivity contribution < 1.29 is 9.21 Å². The molecular formula is C11H8ClIN2O2. The number of carbonyl (C=O) groups excluding carboxylic acids is 1. The number of nitrogens with zero attached hydrogens (tertiary/aromatic N) is 1. The van der Waals surface area contributed by atoms with Gasteiger partial charge in [-0.1, -0.05) is 11.6 Å². The number of aromatic nitrogens is 1. The van der Waals surface area contributed by atoms with Crippen LogP contribution in [0.3, 0.4) is 0 Å². The number of aryl methyl sites for hydroxylation is 1. The highest BCUT2D eigenvalue weighted by Crippen LogP contribution is 2.24. The summed E-state index contributed by atoms with van der Waals surface area (Å²) < 4.78 is 6.00. The van der Waals surface area contributed by atoms with Gasteiger partial charge in [0.15, 0.2) is 6.39 Å². The fourth-order valence-electron chi connectivity index (χ4n) is 1.29. The molecule has 1 N–H and O–H groups in total. The summed E-state index contributed by atoms with van der Waals surface area (Å²) in [6.45, 7) is 1.70. The zero-order valence-corrected chi connectivity index (χ0v) is 11.7. The molecule has 0 aliphatic rings. The summed E-state index contributed by atoms with van der Waals surface area (Å²) >= 11 is 8.16. The average Bonchev–Trinajstić information content (AvgIpc) is 2.68. The topological polar surface area (TPSA) is 55.1 Å². The second-order valence-corrected chi connectivity index (χ2v) is 5.00. The third-order valence-electron chi connectivity index (χ3n) is 2.13. The Labute approximate surface area is 117 Å². The number of carbonyl (C=O) groups is 1. The first-order chi connectivity index (χ1) is 8.08. The highest BCUT2D eigenvalue weighted by atomic mass is 127. The van der Waals surface area contributed by atoms with Crippen LogP contribution in [0.4, 0.5) is 5.69 Å². The van der Waals surface area contributed by atoms with Gasteiger partial charge in [0.05, 0.1) is 16.4 Å². The lowest BCUT2D eigenvalue weighted by molar-refractivity contribution is 0.0996. The van der Waals surface area contributed by atoms with Gasteiger partial charge in [-0.2, -0.15) is 0 Å². The second-order valence-electron chi connectivity index (χ2n) is 3.35. The number of rotatable bonds is 2. The van der Waals surface area contributed by atoms with Crippen LogP contribution in [0.2, 0.25) is 5.02 Å². The molecule has 2 rings (SSSR count). The maximum Gasteiger partial charge on any atom is 0.293 e. The number of hydrogen-bond acceptors (Lipinski definition) is 3. The van der Waals surface area contributed by atoms with Crippen molar-refractivity contribution in [1.82, 2.24) is 4.98 Å². The van der Waals surface area contributed by atoms with Crippen molar-refractivity contribution in [3.8, 4) is 0 Å². The van der Waals surface area contributed by atoms with Gasteiger partial charge in [0.2, 0.25) is 5.76 Å². The van der Waals surface area contributed by atoms with Crippen molar-refractivity contribution in [3.05, 3.63) is 44.6 Å². The Morgan fingerprint density at radius 3 is 2.88 bits per heavy atom. The highest BCUT2D eigenvalue weighted by Gasteiger charge is 2.15. The van der Waals surface area contributed by atoms with Gasteiger partial charge >= 0.3 is 0 Å². The molecule has 1 aromatic heterocycles. The zero-order chi connectivity index (χ0) is 12.4. The Morgan fingerprint density at radius 2 is 2.29 bits per heavy atom. The number of halogens is 2. The minimum absolute atomic E-state index is 0.194. The maximum absolute atomic E-state index is 11.8. The van der Waals surface area contributed by atoms with Crippen LogP contribution in [0, 0.1) is 10.5 Å². The molecule has 1 amide bonds. The molecule has 0 aliphatic heterocycles. The van der Waals surface area contributed by atoms with E-state index in [2.05, 4.69) is 32.9 Å². The normalized spacial score (nSPS) is 10.3. The van der Waals surface area contributed by atoms with Gasteiger partial charge in [0, 0.05) is 3.57 Å². The molecule has 88 valence electrons. The van der Waals surface area contributed by atoms with Crippen molar-refractivity contribution in [1.29, 1.82) is 0 Å². The minimum Gasteiger partial charge on any atom is -0.438 e. The Bertz CT molecular complexity index is 568. The standard InChI is InChI=1S/C11H8ClIN2O2/c1-6-10(17-5-14-6)11(16)15-9-3-2-7(13)4-8(9)12/h2-5H,1H3,(H,15,16). The van der Waals surface area contributed by atoms with Gasteiger partial charge in [-0.05, 0) is 47.7 Å². The van der Waals surface area contributed by atoms with Crippen LogP contribution in [-0.2, 0) is 0 Å². The number of oxazole rings is 1. The lowest BCUT2D eigenvalue weighted by atomic mass is 10.3. The molecule has 0 spiro atoms. The van der Waals surface area contributed by atoms with E-state index in [0.29, 0.717) is 16.4 Å². The van der Waals surface area contributed by atoms with Gasteiger partial charge in [0.25, 0.3) is 5.91 Å². The Kier molecular flexibility index (Phi) is 3.68. The van der Waals surface area contributed by atoms with E-state index in [1.165, 1.54) is 6.39 Å². The van der Waals surface area contributed by atoms with E-state index in [1.807, 2.05) is 6.07 Å². The van der Waals surface area contributed by atoms with Crippen molar-refractivity contribution >= 4 is 45.8 Å². The predicted molar refractivity (Wildman–Crippen MR) is 73.4 cm³/mol. The smallest absolute Gasteiger partial charge is 0.293 e. The SMILES string of the molecule is Cc1ncoc1C(=O)Nc1ccc(I)cc1Cl. The molecule has 0 saturated carbocycles. The van der Waals surface area contributed by atoms with Crippen LogP contribution in [0.15, 0.2) is 29.0 Å². The van der Waals surface area contributed by atoms with Crippen molar-refractivity contribution in [3.63, 3.8) is 0 Å². The van der Waals surface area contributed by atoms with Gasteiger partial charge < -0.3 is 9.73 Å². The van der Waals surface area contributed by atoms with E-state index in [0.717, 1.165) is 3.57 Å². The van der Waals surface area contributed by atoms with Gasteiger partial charge in [0.1, 0.15) is 0 Å². The first kappa shape index (κ1) is 12.4. The Hall–Kier alpha value is -1.08. The van der Waals surface area contributed by atoms with Gasteiger partial charge in [-0.15, -0.1) is 0 Å². The second kappa shape index (κ2) is 5.05. The fourth-order valence-corrected chi connectivity index (χ4v) is 2.19. The fraction of sp³-hybridized carbons (Fsp3) is 0.0909. The molecule has 0 saturated heterocycles. The van der Waals surface area contributed by atoms with Crippen molar-refractivity contribution in [2.24, 2.45) is 0 Å². The molecule has 2 aromatic rings. The summed E-state index contributed by atoms with van der Waals surface area (Å²) in [5.41, 5.74) is 1.09. The molecular weight excluding hydrogens is 354 g/mol. The molecule has 17 heavy (non-hydrogen) atoms. The summed E-state index contributed by atoms with van der Waals surface area (Å²) in [5, 5.41) is 3.16. The molecule has 1 heterocycles. The quantitative estimate of drug-likeness (QED) is 0.832. The van der Waals surface area contributed by atoms with Crippen LogP contribution < -0.4 is 5.32 Å². The molecule has 1 aromatic carbocycles. The summed E-state index contributed by atoms with van der Waals surface area (Å²) in [5.74, 6) is -0.164. The van der Waals surface area contributed by atoms with Crippen molar-refractivity contribution in [2.45, 2.75) is 6.92 Å².